The van der Waals surface area contributed by atoms with Crippen molar-refractivity contribution in [2.24, 2.45) is 11.8 Å². The lowest BCUT2D eigenvalue weighted by molar-refractivity contribution is -0.151. The minimum atomic E-state index is 0.0699. The second kappa shape index (κ2) is 3.19. The van der Waals surface area contributed by atoms with E-state index in [1.807, 2.05) is 0 Å². The number of hydrogen-bond acceptors (Lipinski definition) is 2. The van der Waals surface area contributed by atoms with Crippen molar-refractivity contribution in [2.75, 3.05) is 13.2 Å². The third kappa shape index (κ3) is 1.29. The fraction of sp³-hybridized carbons (Fsp3) is 0.800. The fourth-order valence-electron chi connectivity index (χ4n) is 2.17. The van der Waals surface area contributed by atoms with E-state index in [0.717, 1.165) is 13.2 Å². The van der Waals surface area contributed by atoms with Crippen LogP contribution in [-0.2, 0) is 9.47 Å². The van der Waals surface area contributed by atoms with Gasteiger partial charge in [-0.1, -0.05) is 12.2 Å². The number of fused-ring (bicyclic) bond motifs is 1. The number of ether oxygens (including phenoxy) is 2. The summed E-state index contributed by atoms with van der Waals surface area (Å²) in [7, 11) is 0. The van der Waals surface area contributed by atoms with Gasteiger partial charge in [0.1, 0.15) is 0 Å². The van der Waals surface area contributed by atoms with Crippen molar-refractivity contribution < 1.29 is 9.47 Å². The Morgan fingerprint density at radius 1 is 1.42 bits per heavy atom. The summed E-state index contributed by atoms with van der Waals surface area (Å²) in [6.45, 7) is 7.76. The molecular weight excluding hydrogens is 152 g/mol. The van der Waals surface area contributed by atoms with Gasteiger partial charge < -0.3 is 9.47 Å². The van der Waals surface area contributed by atoms with E-state index in [0.29, 0.717) is 11.8 Å². The molecule has 2 nitrogen and oxygen atoms in total. The molecule has 0 aliphatic carbocycles. The van der Waals surface area contributed by atoms with Gasteiger partial charge in [-0.05, 0) is 19.8 Å². The summed E-state index contributed by atoms with van der Waals surface area (Å²) in [6, 6.07) is 0. The molecule has 0 saturated carbocycles. The summed E-state index contributed by atoms with van der Waals surface area (Å²) in [5.74, 6) is 1.12. The van der Waals surface area contributed by atoms with Crippen molar-refractivity contribution in [3.8, 4) is 0 Å². The maximum atomic E-state index is 5.55. The molecule has 0 aromatic carbocycles. The van der Waals surface area contributed by atoms with Crippen LogP contribution in [0.1, 0.15) is 19.8 Å². The Morgan fingerprint density at radius 2 is 2.25 bits per heavy atom. The van der Waals surface area contributed by atoms with E-state index in [9.17, 15) is 0 Å². The Kier molecular flexibility index (Phi) is 2.20. The molecule has 0 N–H and O–H groups in total. The molecule has 0 spiro atoms. The van der Waals surface area contributed by atoms with Crippen molar-refractivity contribution in [1.29, 1.82) is 0 Å². The largest absolute Gasteiger partial charge is 0.352 e. The third-order valence-corrected chi connectivity index (χ3v) is 2.90. The molecule has 0 aromatic rings. The lowest BCUT2D eigenvalue weighted by Crippen LogP contribution is -2.28. The van der Waals surface area contributed by atoms with Crippen molar-refractivity contribution >= 4 is 0 Å². The second-order valence-electron chi connectivity index (χ2n) is 3.83. The molecule has 2 rings (SSSR count). The van der Waals surface area contributed by atoms with Crippen LogP contribution >= 0.6 is 0 Å². The average Bonchev–Trinajstić information content (AvgIpc) is 2.47. The Balaban J connectivity index is 2.05. The summed E-state index contributed by atoms with van der Waals surface area (Å²) in [4.78, 5) is 0. The first-order valence-electron chi connectivity index (χ1n) is 4.67. The van der Waals surface area contributed by atoms with Crippen LogP contribution in [0, 0.1) is 11.8 Å². The Hall–Kier alpha value is -0.340. The highest BCUT2D eigenvalue weighted by Crippen LogP contribution is 2.37. The lowest BCUT2D eigenvalue weighted by Gasteiger charge is -2.27. The molecule has 0 amide bonds. The van der Waals surface area contributed by atoms with Crippen molar-refractivity contribution in [1.82, 2.24) is 0 Å². The lowest BCUT2D eigenvalue weighted by atomic mass is 9.85. The van der Waals surface area contributed by atoms with Gasteiger partial charge in [-0.25, -0.2) is 0 Å². The fourth-order valence-corrected chi connectivity index (χ4v) is 2.17. The minimum absolute atomic E-state index is 0.0699. The molecule has 1 unspecified atom stereocenters. The van der Waals surface area contributed by atoms with E-state index in [2.05, 4.69) is 13.5 Å². The van der Waals surface area contributed by atoms with E-state index >= 15 is 0 Å². The van der Waals surface area contributed by atoms with Crippen LogP contribution in [0.4, 0.5) is 0 Å². The van der Waals surface area contributed by atoms with Gasteiger partial charge in [0.05, 0.1) is 6.61 Å². The minimum Gasteiger partial charge on any atom is -0.352 e. The summed E-state index contributed by atoms with van der Waals surface area (Å²) in [6.07, 6.45) is 2.48. The molecule has 2 aliphatic heterocycles. The van der Waals surface area contributed by atoms with Crippen LogP contribution in [0.5, 0.6) is 0 Å². The maximum absolute atomic E-state index is 5.55. The second-order valence-corrected chi connectivity index (χ2v) is 3.83. The smallest absolute Gasteiger partial charge is 0.161 e. The SMILES string of the molecule is C=C(C)C1CO[C@H]2OCCC[C@@H]12. The van der Waals surface area contributed by atoms with Gasteiger partial charge in [-0.3, -0.25) is 0 Å². The molecule has 3 atom stereocenters. The van der Waals surface area contributed by atoms with E-state index in [4.69, 9.17) is 9.47 Å². The van der Waals surface area contributed by atoms with Crippen LogP contribution < -0.4 is 0 Å². The molecule has 2 aliphatic rings. The van der Waals surface area contributed by atoms with Crippen LogP contribution in [0.3, 0.4) is 0 Å². The van der Waals surface area contributed by atoms with Gasteiger partial charge in [0.2, 0.25) is 0 Å². The van der Waals surface area contributed by atoms with E-state index in [1.54, 1.807) is 0 Å². The molecule has 0 bridgehead atoms. The highest BCUT2D eigenvalue weighted by molar-refractivity contribution is 5.02. The number of rotatable bonds is 1. The highest BCUT2D eigenvalue weighted by atomic mass is 16.7. The summed E-state index contributed by atoms with van der Waals surface area (Å²) >= 11 is 0. The van der Waals surface area contributed by atoms with Crippen LogP contribution in [0.25, 0.3) is 0 Å². The normalized spacial score (nSPS) is 40.9. The maximum Gasteiger partial charge on any atom is 0.161 e. The zero-order chi connectivity index (χ0) is 8.55. The van der Waals surface area contributed by atoms with E-state index < -0.39 is 0 Å². The Bertz CT molecular complexity index is 188. The molecule has 2 saturated heterocycles. The zero-order valence-corrected chi connectivity index (χ0v) is 7.58. The molecule has 2 heteroatoms. The van der Waals surface area contributed by atoms with Crippen molar-refractivity contribution in [2.45, 2.75) is 26.1 Å². The quantitative estimate of drug-likeness (QED) is 0.557. The standard InChI is InChI=1S/C10H16O2/c1-7(2)9-6-12-10-8(9)4-3-5-11-10/h8-10H,1,3-6H2,2H3/t8-,9?,10+/m0/s1. The Labute approximate surface area is 73.5 Å². The van der Waals surface area contributed by atoms with Crippen LogP contribution in [0.2, 0.25) is 0 Å². The molecule has 2 fully saturated rings. The molecule has 2 heterocycles. The first kappa shape index (κ1) is 8.27. The molecule has 0 aromatic heterocycles. The van der Waals surface area contributed by atoms with Crippen molar-refractivity contribution in [3.63, 3.8) is 0 Å². The molecular formula is C10H16O2. The monoisotopic (exact) mass is 168 g/mol. The van der Waals surface area contributed by atoms with E-state index in [-0.39, 0.29) is 6.29 Å². The topological polar surface area (TPSA) is 18.5 Å². The van der Waals surface area contributed by atoms with Gasteiger partial charge in [-0.2, -0.15) is 0 Å². The average molecular weight is 168 g/mol. The van der Waals surface area contributed by atoms with Gasteiger partial charge in [0, 0.05) is 18.4 Å². The van der Waals surface area contributed by atoms with Crippen LogP contribution in [0.15, 0.2) is 12.2 Å². The van der Waals surface area contributed by atoms with Gasteiger partial charge in [0.25, 0.3) is 0 Å². The summed E-state index contributed by atoms with van der Waals surface area (Å²) < 4.78 is 11.1. The van der Waals surface area contributed by atoms with Crippen LogP contribution in [-0.4, -0.2) is 19.5 Å². The summed E-state index contributed by atoms with van der Waals surface area (Å²) in [5, 5.41) is 0. The molecule has 12 heavy (non-hydrogen) atoms. The first-order chi connectivity index (χ1) is 5.79. The predicted octanol–water partition coefficient (Wildman–Crippen LogP) is 1.96. The van der Waals surface area contributed by atoms with Gasteiger partial charge >= 0.3 is 0 Å². The van der Waals surface area contributed by atoms with E-state index in [1.165, 1.54) is 18.4 Å². The highest BCUT2D eigenvalue weighted by Gasteiger charge is 2.39. The zero-order valence-electron chi connectivity index (χ0n) is 7.58. The predicted molar refractivity (Wildman–Crippen MR) is 46.7 cm³/mol. The van der Waals surface area contributed by atoms with Gasteiger partial charge in [0.15, 0.2) is 6.29 Å². The molecule has 0 radical (unpaired) electrons. The summed E-state index contributed by atoms with van der Waals surface area (Å²) in [5.41, 5.74) is 1.24. The number of hydrogen-bond donors (Lipinski definition) is 0. The van der Waals surface area contributed by atoms with Gasteiger partial charge in [-0.15, -0.1) is 0 Å². The van der Waals surface area contributed by atoms with Crippen molar-refractivity contribution in [3.05, 3.63) is 12.2 Å². The Morgan fingerprint density at radius 3 is 3.00 bits per heavy atom. The molecule has 68 valence electrons. The first-order valence-corrected chi connectivity index (χ1v) is 4.67. The third-order valence-electron chi connectivity index (χ3n) is 2.90.